The van der Waals surface area contributed by atoms with E-state index >= 15 is 0 Å². The van der Waals surface area contributed by atoms with Crippen molar-refractivity contribution < 1.29 is 18.3 Å². The lowest BCUT2D eigenvalue weighted by atomic mass is 9.91. The number of carbonyl (C=O) groups is 1. The van der Waals surface area contributed by atoms with Crippen LogP contribution in [0.2, 0.25) is 0 Å². The van der Waals surface area contributed by atoms with Gasteiger partial charge in [0.1, 0.15) is 17.2 Å². The Kier molecular flexibility index (Phi) is 7.50. The quantitative estimate of drug-likeness (QED) is 0.415. The van der Waals surface area contributed by atoms with Gasteiger partial charge in [-0.1, -0.05) is 0 Å². The maximum Gasteiger partial charge on any atom is 0.224 e. The Bertz CT molecular complexity index is 1250. The van der Waals surface area contributed by atoms with E-state index in [1.807, 2.05) is 4.57 Å². The zero-order valence-corrected chi connectivity index (χ0v) is 21.1. The first-order valence-electron chi connectivity index (χ1n) is 12.9. The minimum Gasteiger partial charge on any atom is -0.381 e. The van der Waals surface area contributed by atoms with Crippen molar-refractivity contribution >= 4 is 34.7 Å². The van der Waals surface area contributed by atoms with Crippen LogP contribution in [0.25, 0.3) is 11.2 Å². The van der Waals surface area contributed by atoms with Crippen LogP contribution in [0.5, 0.6) is 0 Å². The van der Waals surface area contributed by atoms with E-state index < -0.39 is 11.6 Å². The van der Waals surface area contributed by atoms with Gasteiger partial charge in [-0.3, -0.25) is 9.36 Å². The number of aromatic nitrogens is 4. The Morgan fingerprint density at radius 1 is 1.03 bits per heavy atom. The standard InChI is InChI=1S/C26H33F2N7O2/c1-15(36)30-17-4-8-19(9-5-17)35-24-23(33-26(35)32-22-12-3-16(27)13-21(22)28)14-29-25(34-24)31-18-6-10-20(37-2)11-7-18/h3,12-14,17-20H,4-11H2,1-2H3,(H,30,36)(H,32,33)(H,29,31,34)/t17-,18?,19-,20?. The average Bonchev–Trinajstić information content (AvgIpc) is 3.23. The van der Waals surface area contributed by atoms with Crippen LogP contribution in [-0.4, -0.2) is 50.7 Å². The summed E-state index contributed by atoms with van der Waals surface area (Å²) in [6.45, 7) is 1.53. The van der Waals surface area contributed by atoms with Gasteiger partial charge in [0.2, 0.25) is 17.8 Å². The number of halogens is 2. The van der Waals surface area contributed by atoms with E-state index in [-0.39, 0.29) is 29.7 Å². The number of nitrogens with one attached hydrogen (secondary N) is 3. The van der Waals surface area contributed by atoms with E-state index in [0.717, 1.165) is 57.4 Å². The Morgan fingerprint density at radius 2 is 1.76 bits per heavy atom. The van der Waals surface area contributed by atoms with Crippen molar-refractivity contribution in [3.63, 3.8) is 0 Å². The number of hydrogen-bond donors (Lipinski definition) is 3. The van der Waals surface area contributed by atoms with Crippen LogP contribution in [-0.2, 0) is 9.53 Å². The highest BCUT2D eigenvalue weighted by molar-refractivity contribution is 5.77. The highest BCUT2D eigenvalue weighted by Gasteiger charge is 2.28. The Morgan fingerprint density at radius 3 is 2.43 bits per heavy atom. The maximum absolute atomic E-state index is 14.5. The van der Waals surface area contributed by atoms with Crippen LogP contribution in [0.1, 0.15) is 64.3 Å². The number of nitrogens with zero attached hydrogens (tertiary/aromatic N) is 4. The van der Waals surface area contributed by atoms with Crippen molar-refractivity contribution in [2.75, 3.05) is 17.7 Å². The number of anilines is 3. The third-order valence-corrected chi connectivity index (χ3v) is 7.42. The van der Waals surface area contributed by atoms with Crippen molar-refractivity contribution in [2.24, 2.45) is 0 Å². The van der Waals surface area contributed by atoms with Gasteiger partial charge in [0.25, 0.3) is 0 Å². The van der Waals surface area contributed by atoms with Gasteiger partial charge in [-0.25, -0.2) is 18.7 Å². The number of hydrogen-bond acceptors (Lipinski definition) is 7. The molecule has 198 valence electrons. The Balaban J connectivity index is 1.44. The second-order valence-electron chi connectivity index (χ2n) is 10.0. The van der Waals surface area contributed by atoms with Crippen molar-refractivity contribution in [1.29, 1.82) is 0 Å². The summed E-state index contributed by atoms with van der Waals surface area (Å²) >= 11 is 0. The Hall–Kier alpha value is -3.34. The first-order valence-corrected chi connectivity index (χ1v) is 12.9. The number of amides is 1. The first-order chi connectivity index (χ1) is 17.9. The van der Waals surface area contributed by atoms with Crippen LogP contribution < -0.4 is 16.0 Å². The number of imidazole rings is 1. The fourth-order valence-corrected chi connectivity index (χ4v) is 5.50. The molecule has 2 fully saturated rings. The number of methoxy groups -OCH3 is 1. The molecule has 0 bridgehead atoms. The number of fused-ring (bicyclic) bond motifs is 1. The fourth-order valence-electron chi connectivity index (χ4n) is 5.50. The molecule has 3 N–H and O–H groups in total. The van der Waals surface area contributed by atoms with E-state index in [2.05, 4.69) is 25.9 Å². The monoisotopic (exact) mass is 513 g/mol. The van der Waals surface area contributed by atoms with Crippen LogP contribution in [0.4, 0.5) is 26.4 Å². The average molecular weight is 514 g/mol. The molecule has 2 aliphatic carbocycles. The largest absolute Gasteiger partial charge is 0.381 e. The zero-order valence-electron chi connectivity index (χ0n) is 21.1. The van der Waals surface area contributed by atoms with Gasteiger partial charge in [-0.2, -0.15) is 4.98 Å². The van der Waals surface area contributed by atoms with Crippen molar-refractivity contribution in [3.8, 4) is 0 Å². The summed E-state index contributed by atoms with van der Waals surface area (Å²) in [6, 6.07) is 3.84. The second-order valence-corrected chi connectivity index (χ2v) is 10.0. The highest BCUT2D eigenvalue weighted by atomic mass is 19.1. The molecular formula is C26H33F2N7O2. The van der Waals surface area contributed by atoms with Crippen LogP contribution >= 0.6 is 0 Å². The van der Waals surface area contributed by atoms with Crippen LogP contribution in [0.3, 0.4) is 0 Å². The van der Waals surface area contributed by atoms with E-state index in [4.69, 9.17) is 9.72 Å². The van der Waals surface area contributed by atoms with Gasteiger partial charge in [0, 0.05) is 38.2 Å². The summed E-state index contributed by atoms with van der Waals surface area (Å²) in [4.78, 5) is 25.5. The van der Waals surface area contributed by atoms with E-state index in [1.165, 1.54) is 19.1 Å². The molecule has 9 nitrogen and oxygen atoms in total. The van der Waals surface area contributed by atoms with Crippen LogP contribution in [0.15, 0.2) is 24.4 Å². The second kappa shape index (κ2) is 11.0. The molecule has 3 aromatic rings. The summed E-state index contributed by atoms with van der Waals surface area (Å²) in [5.41, 5.74) is 1.37. The fraction of sp³-hybridized carbons (Fsp3) is 0.538. The minimum atomic E-state index is -0.701. The van der Waals surface area contributed by atoms with E-state index in [1.54, 1.807) is 13.3 Å². The summed E-state index contributed by atoms with van der Waals surface area (Å²) in [7, 11) is 1.75. The number of ether oxygens (including phenoxy) is 1. The molecule has 0 saturated heterocycles. The molecule has 1 amide bonds. The molecular weight excluding hydrogens is 480 g/mol. The van der Waals surface area contributed by atoms with Gasteiger partial charge in [-0.15, -0.1) is 0 Å². The van der Waals surface area contributed by atoms with Gasteiger partial charge in [-0.05, 0) is 63.5 Å². The Labute approximate surface area is 214 Å². The van der Waals surface area contributed by atoms with Gasteiger partial charge < -0.3 is 20.7 Å². The van der Waals surface area contributed by atoms with E-state index in [9.17, 15) is 13.6 Å². The van der Waals surface area contributed by atoms with Crippen molar-refractivity contribution in [1.82, 2.24) is 24.8 Å². The highest BCUT2D eigenvalue weighted by Crippen LogP contribution is 2.35. The molecule has 0 atom stereocenters. The lowest BCUT2D eigenvalue weighted by molar-refractivity contribution is -0.119. The summed E-state index contributed by atoms with van der Waals surface area (Å²) < 4.78 is 35.4. The summed E-state index contributed by atoms with van der Waals surface area (Å²) in [6.07, 6.45) is 9.13. The summed E-state index contributed by atoms with van der Waals surface area (Å²) in [5.74, 6) is -0.424. The molecule has 2 aromatic heterocycles. The summed E-state index contributed by atoms with van der Waals surface area (Å²) in [5, 5.41) is 9.52. The lowest BCUT2D eigenvalue weighted by Crippen LogP contribution is -2.36. The third-order valence-electron chi connectivity index (χ3n) is 7.42. The molecule has 11 heteroatoms. The molecule has 2 aliphatic rings. The zero-order chi connectivity index (χ0) is 25.9. The molecule has 2 heterocycles. The molecule has 5 rings (SSSR count). The number of rotatable bonds is 7. The number of carbonyl (C=O) groups excluding carboxylic acids is 1. The normalized spacial score (nSPS) is 24.1. The number of benzene rings is 1. The van der Waals surface area contributed by atoms with E-state index in [0.29, 0.717) is 29.2 Å². The SMILES string of the molecule is COC1CCC(Nc2ncc3nc(Nc4ccc(F)cc4F)n([C@H]4CC[C@H](NC(C)=O)CC4)c3n2)CC1. The van der Waals surface area contributed by atoms with Gasteiger partial charge in [0.15, 0.2) is 5.65 Å². The molecule has 1 aromatic carbocycles. The first kappa shape index (κ1) is 25.3. The topological polar surface area (TPSA) is 106 Å². The lowest BCUT2D eigenvalue weighted by Gasteiger charge is -2.31. The maximum atomic E-state index is 14.5. The molecule has 0 spiro atoms. The minimum absolute atomic E-state index is 0.0336. The van der Waals surface area contributed by atoms with Gasteiger partial charge >= 0.3 is 0 Å². The predicted molar refractivity (Wildman–Crippen MR) is 137 cm³/mol. The molecule has 37 heavy (non-hydrogen) atoms. The van der Waals surface area contributed by atoms with Crippen LogP contribution in [0, 0.1) is 11.6 Å². The van der Waals surface area contributed by atoms with Crippen molar-refractivity contribution in [2.45, 2.75) is 82.5 Å². The molecule has 0 radical (unpaired) electrons. The van der Waals surface area contributed by atoms with Crippen molar-refractivity contribution in [3.05, 3.63) is 36.0 Å². The molecule has 0 aliphatic heterocycles. The predicted octanol–water partition coefficient (Wildman–Crippen LogP) is 4.84. The third kappa shape index (κ3) is 5.82. The van der Waals surface area contributed by atoms with Gasteiger partial charge in [0.05, 0.1) is 18.0 Å². The molecule has 0 unspecified atom stereocenters. The smallest absolute Gasteiger partial charge is 0.224 e. The molecule has 2 saturated carbocycles.